The normalized spacial score (nSPS) is 10.9. The summed E-state index contributed by atoms with van der Waals surface area (Å²) in [5.74, 6) is 1.17. The average Bonchev–Trinajstić information content (AvgIpc) is 3.19. The Balaban J connectivity index is 1.49. The molecular weight excluding hydrogens is 402 g/mol. The van der Waals surface area contributed by atoms with Crippen LogP contribution in [0.5, 0.6) is 11.5 Å². The highest BCUT2D eigenvalue weighted by molar-refractivity contribution is 5.89. The number of para-hydroxylation sites is 3. The molecule has 0 aliphatic heterocycles. The van der Waals surface area contributed by atoms with E-state index in [0.717, 1.165) is 28.1 Å². The van der Waals surface area contributed by atoms with Gasteiger partial charge in [0, 0.05) is 12.7 Å². The number of imidazole rings is 1. The first-order valence-corrected chi connectivity index (χ1v) is 10.1. The smallest absolute Gasteiger partial charge is 0.335 e. The Morgan fingerprint density at radius 3 is 2.38 bits per heavy atom. The van der Waals surface area contributed by atoms with Gasteiger partial charge < -0.3 is 14.4 Å². The van der Waals surface area contributed by atoms with E-state index < -0.39 is 5.97 Å². The number of benzene rings is 3. The average molecular weight is 421 g/mol. The summed E-state index contributed by atoms with van der Waals surface area (Å²) in [4.78, 5) is 20.5. The van der Waals surface area contributed by atoms with Gasteiger partial charge in [-0.25, -0.2) is 9.78 Å². The van der Waals surface area contributed by atoms with Crippen molar-refractivity contribution in [3.63, 3.8) is 0 Å². The molecular formula is C26H19N3O3. The second kappa shape index (κ2) is 8.35. The highest BCUT2D eigenvalue weighted by Gasteiger charge is 2.15. The van der Waals surface area contributed by atoms with Crippen LogP contribution in [0.4, 0.5) is 0 Å². The molecule has 6 heteroatoms. The minimum atomic E-state index is -0.995. The van der Waals surface area contributed by atoms with Gasteiger partial charge in [0.25, 0.3) is 0 Å². The van der Waals surface area contributed by atoms with Crippen molar-refractivity contribution in [3.8, 4) is 23.0 Å². The molecule has 3 aromatic carbocycles. The number of aromatic nitrogens is 3. The fraction of sp³-hybridized carbons (Fsp3) is 0.0385. The number of carboxylic acids is 1. The topological polar surface area (TPSA) is 77.2 Å². The molecule has 0 unspecified atom stereocenters. The summed E-state index contributed by atoms with van der Waals surface area (Å²) in [6, 6.07) is 28.4. The van der Waals surface area contributed by atoms with Gasteiger partial charge in [0.2, 0.25) is 0 Å². The molecule has 32 heavy (non-hydrogen) atoms. The van der Waals surface area contributed by atoms with Crippen molar-refractivity contribution in [3.05, 3.63) is 108 Å². The fourth-order valence-electron chi connectivity index (χ4n) is 3.59. The Kier molecular flexibility index (Phi) is 5.09. The van der Waals surface area contributed by atoms with Gasteiger partial charge in [0.05, 0.1) is 16.6 Å². The van der Waals surface area contributed by atoms with Crippen LogP contribution in [0.15, 0.2) is 97.2 Å². The zero-order valence-corrected chi connectivity index (χ0v) is 17.1. The summed E-state index contributed by atoms with van der Waals surface area (Å²) >= 11 is 0. The van der Waals surface area contributed by atoms with Crippen LogP contribution in [0.2, 0.25) is 0 Å². The first-order valence-electron chi connectivity index (χ1n) is 10.1. The second-order valence-corrected chi connectivity index (χ2v) is 7.30. The second-order valence-electron chi connectivity index (χ2n) is 7.30. The Morgan fingerprint density at radius 2 is 1.59 bits per heavy atom. The van der Waals surface area contributed by atoms with E-state index in [1.807, 2.05) is 78.9 Å². The number of carbonyl (C=O) groups is 1. The molecule has 0 atom stereocenters. The van der Waals surface area contributed by atoms with Crippen LogP contribution < -0.4 is 4.74 Å². The number of fused-ring (bicyclic) bond motifs is 1. The van der Waals surface area contributed by atoms with Gasteiger partial charge in [-0.15, -0.1) is 0 Å². The third-order valence-corrected chi connectivity index (χ3v) is 5.13. The van der Waals surface area contributed by atoms with E-state index in [4.69, 9.17) is 9.72 Å². The molecule has 0 spiro atoms. The van der Waals surface area contributed by atoms with E-state index in [9.17, 15) is 9.90 Å². The number of carboxylic acid groups (broad SMARTS) is 1. The van der Waals surface area contributed by atoms with Gasteiger partial charge in [0.15, 0.2) is 5.82 Å². The van der Waals surface area contributed by atoms with E-state index in [0.29, 0.717) is 18.1 Å². The molecule has 0 bridgehead atoms. The van der Waals surface area contributed by atoms with Gasteiger partial charge >= 0.3 is 5.97 Å². The number of ether oxygens (including phenoxy) is 1. The Morgan fingerprint density at radius 1 is 0.875 bits per heavy atom. The van der Waals surface area contributed by atoms with Crippen LogP contribution in [0.1, 0.15) is 15.9 Å². The molecule has 0 aliphatic rings. The number of nitrogens with zero attached hydrogens (tertiary/aromatic N) is 3. The molecule has 1 N–H and O–H groups in total. The Hall–Kier alpha value is -4.45. The van der Waals surface area contributed by atoms with Crippen molar-refractivity contribution in [2.45, 2.75) is 6.54 Å². The molecule has 6 nitrogen and oxygen atoms in total. The molecule has 2 aromatic heterocycles. The van der Waals surface area contributed by atoms with E-state index >= 15 is 0 Å². The monoisotopic (exact) mass is 421 g/mol. The van der Waals surface area contributed by atoms with Gasteiger partial charge in [0.1, 0.15) is 17.2 Å². The summed E-state index contributed by atoms with van der Waals surface area (Å²) in [5, 5.41) is 9.37. The zero-order chi connectivity index (χ0) is 21.9. The molecule has 0 aliphatic carbocycles. The summed E-state index contributed by atoms with van der Waals surface area (Å²) in [5.41, 5.74) is 3.54. The molecule has 5 rings (SSSR count). The van der Waals surface area contributed by atoms with Crippen LogP contribution in [0, 0.1) is 0 Å². The predicted octanol–water partition coefficient (Wildman–Crippen LogP) is 5.64. The maximum Gasteiger partial charge on any atom is 0.335 e. The maximum atomic E-state index is 11.4. The molecule has 0 saturated carbocycles. The Bertz CT molecular complexity index is 1390. The zero-order valence-electron chi connectivity index (χ0n) is 17.1. The predicted molar refractivity (Wildman–Crippen MR) is 122 cm³/mol. The third-order valence-electron chi connectivity index (χ3n) is 5.13. The molecule has 0 radical (unpaired) electrons. The lowest BCUT2D eigenvalue weighted by Gasteiger charge is -2.11. The SMILES string of the molecule is O=C(O)c1ccnc(-c2nc3ccccc3n2Cc2ccc(Oc3ccccc3)cc2)c1. The number of hydrogen-bond donors (Lipinski definition) is 1. The lowest BCUT2D eigenvalue weighted by molar-refractivity contribution is 0.0697. The van der Waals surface area contributed by atoms with E-state index in [-0.39, 0.29) is 5.56 Å². The highest BCUT2D eigenvalue weighted by atomic mass is 16.5. The molecule has 0 fully saturated rings. The summed E-state index contributed by atoms with van der Waals surface area (Å²) in [6.45, 7) is 0.556. The van der Waals surface area contributed by atoms with Crippen LogP contribution in [0.3, 0.4) is 0 Å². The summed E-state index contributed by atoms with van der Waals surface area (Å²) in [6.07, 6.45) is 1.50. The minimum absolute atomic E-state index is 0.177. The molecule has 0 amide bonds. The van der Waals surface area contributed by atoms with Crippen molar-refractivity contribution in [1.29, 1.82) is 0 Å². The van der Waals surface area contributed by atoms with E-state index in [1.54, 1.807) is 6.07 Å². The lowest BCUT2D eigenvalue weighted by Crippen LogP contribution is -2.04. The van der Waals surface area contributed by atoms with Crippen molar-refractivity contribution in [2.75, 3.05) is 0 Å². The number of rotatable bonds is 6. The maximum absolute atomic E-state index is 11.4. The van der Waals surface area contributed by atoms with Gasteiger partial charge in [-0.3, -0.25) is 4.98 Å². The summed E-state index contributed by atoms with van der Waals surface area (Å²) < 4.78 is 7.93. The standard InChI is InChI=1S/C26H19N3O3/c30-26(31)19-14-15-27-23(16-19)25-28-22-8-4-5-9-24(22)29(25)17-18-10-12-21(13-11-18)32-20-6-2-1-3-7-20/h1-16H,17H2,(H,30,31). The van der Waals surface area contributed by atoms with Crippen molar-refractivity contribution >= 4 is 17.0 Å². The molecule has 156 valence electrons. The van der Waals surface area contributed by atoms with Gasteiger partial charge in [-0.2, -0.15) is 0 Å². The van der Waals surface area contributed by atoms with Crippen LogP contribution in [-0.4, -0.2) is 25.6 Å². The van der Waals surface area contributed by atoms with E-state index in [2.05, 4.69) is 9.55 Å². The van der Waals surface area contributed by atoms with Crippen LogP contribution >= 0.6 is 0 Å². The lowest BCUT2D eigenvalue weighted by atomic mass is 10.2. The van der Waals surface area contributed by atoms with Crippen LogP contribution in [0.25, 0.3) is 22.6 Å². The van der Waals surface area contributed by atoms with E-state index in [1.165, 1.54) is 12.3 Å². The fourth-order valence-corrected chi connectivity index (χ4v) is 3.59. The molecule has 5 aromatic rings. The largest absolute Gasteiger partial charge is 0.478 e. The first-order chi connectivity index (χ1) is 15.7. The molecule has 2 heterocycles. The van der Waals surface area contributed by atoms with Gasteiger partial charge in [-0.05, 0) is 54.1 Å². The van der Waals surface area contributed by atoms with Crippen LogP contribution in [-0.2, 0) is 6.54 Å². The Labute approximate surface area is 184 Å². The summed E-state index contributed by atoms with van der Waals surface area (Å²) in [7, 11) is 0. The number of hydrogen-bond acceptors (Lipinski definition) is 4. The number of pyridine rings is 1. The minimum Gasteiger partial charge on any atom is -0.478 e. The highest BCUT2D eigenvalue weighted by Crippen LogP contribution is 2.26. The van der Waals surface area contributed by atoms with Crippen molar-refractivity contribution in [1.82, 2.24) is 14.5 Å². The van der Waals surface area contributed by atoms with Gasteiger partial charge in [-0.1, -0.05) is 42.5 Å². The number of aromatic carboxylic acids is 1. The molecule has 0 saturated heterocycles. The quantitative estimate of drug-likeness (QED) is 0.384. The first kappa shape index (κ1) is 19.5. The third kappa shape index (κ3) is 3.94. The van der Waals surface area contributed by atoms with Crippen molar-refractivity contribution in [2.24, 2.45) is 0 Å². The van der Waals surface area contributed by atoms with Crippen molar-refractivity contribution < 1.29 is 14.6 Å².